The zero-order valence-electron chi connectivity index (χ0n) is 9.89. The molecule has 7 heteroatoms. The summed E-state index contributed by atoms with van der Waals surface area (Å²) in [5, 5.41) is 13.4. The zero-order chi connectivity index (χ0) is 14.3. The molecule has 0 saturated carbocycles. The topological polar surface area (TPSA) is 72.2 Å². The second-order valence-corrected chi connectivity index (χ2v) is 4.95. The molecule has 0 aliphatic rings. The number of hydrogen-bond donors (Lipinski definition) is 1. The van der Waals surface area contributed by atoms with Gasteiger partial charge in [-0.1, -0.05) is 17.5 Å². The second-order valence-electron chi connectivity index (χ2n) is 3.44. The minimum absolute atomic E-state index is 0.00567. The average Bonchev–Trinajstić information content (AvgIpc) is 2.38. The van der Waals surface area contributed by atoms with Crippen LogP contribution in [0.15, 0.2) is 18.2 Å². The third-order valence-corrected chi connectivity index (χ3v) is 3.31. The summed E-state index contributed by atoms with van der Waals surface area (Å²) >= 11 is 7.18. The maximum Gasteiger partial charge on any atom is 0.288 e. The number of nitro benzene ring substituents is 1. The Morgan fingerprint density at radius 3 is 2.95 bits per heavy atom. The van der Waals surface area contributed by atoms with Crippen LogP contribution in [0.25, 0.3) is 0 Å². The van der Waals surface area contributed by atoms with E-state index in [-0.39, 0.29) is 22.2 Å². The van der Waals surface area contributed by atoms with Crippen LogP contribution in [-0.2, 0) is 0 Å². The number of carbonyl (C=O) groups is 1. The molecule has 1 rings (SSSR count). The van der Waals surface area contributed by atoms with Crippen LogP contribution in [0.5, 0.6) is 0 Å². The second kappa shape index (κ2) is 7.67. The first-order valence-corrected chi connectivity index (χ1v) is 6.83. The van der Waals surface area contributed by atoms with Crippen molar-refractivity contribution in [2.24, 2.45) is 0 Å². The smallest absolute Gasteiger partial charge is 0.288 e. The van der Waals surface area contributed by atoms with E-state index in [1.807, 2.05) is 0 Å². The first kappa shape index (κ1) is 15.3. The van der Waals surface area contributed by atoms with Crippen molar-refractivity contribution >= 4 is 35.0 Å². The minimum atomic E-state index is -0.623. The van der Waals surface area contributed by atoms with E-state index in [9.17, 15) is 14.9 Å². The maximum absolute atomic E-state index is 11.7. The maximum atomic E-state index is 11.7. The van der Waals surface area contributed by atoms with Crippen LogP contribution in [0, 0.1) is 22.5 Å². The van der Waals surface area contributed by atoms with Gasteiger partial charge in [-0.2, -0.15) is 0 Å². The first-order valence-electron chi connectivity index (χ1n) is 5.29. The lowest BCUT2D eigenvalue weighted by molar-refractivity contribution is -0.384. The molecule has 0 aromatic heterocycles. The van der Waals surface area contributed by atoms with Gasteiger partial charge in [0.25, 0.3) is 11.6 Å². The number of terminal acetylenes is 1. The molecular formula is C12H11ClN2O3S. The highest BCUT2D eigenvalue weighted by molar-refractivity contribution is 7.99. The molecule has 0 unspecified atom stereocenters. The number of nitro groups is 1. The summed E-state index contributed by atoms with van der Waals surface area (Å²) in [4.78, 5) is 21.8. The third-order valence-electron chi connectivity index (χ3n) is 2.12. The summed E-state index contributed by atoms with van der Waals surface area (Å²) < 4.78 is 0. The summed E-state index contributed by atoms with van der Waals surface area (Å²) in [5.41, 5.74) is -0.0749. The molecule has 1 amide bonds. The summed E-state index contributed by atoms with van der Waals surface area (Å²) in [6, 6.07) is 3.94. The first-order chi connectivity index (χ1) is 9.06. The molecule has 1 aromatic carbocycles. The Balaban J connectivity index is 2.60. The minimum Gasteiger partial charge on any atom is -0.351 e. The van der Waals surface area contributed by atoms with Crippen LogP contribution < -0.4 is 5.32 Å². The van der Waals surface area contributed by atoms with Gasteiger partial charge < -0.3 is 5.32 Å². The highest BCUT2D eigenvalue weighted by Gasteiger charge is 2.15. The van der Waals surface area contributed by atoms with Gasteiger partial charge in [-0.05, 0) is 12.1 Å². The lowest BCUT2D eigenvalue weighted by Gasteiger charge is -2.04. The number of nitrogens with zero attached hydrogens (tertiary/aromatic N) is 1. The van der Waals surface area contributed by atoms with Crippen LogP contribution in [0.1, 0.15) is 10.4 Å². The molecule has 0 aliphatic carbocycles. The normalized spacial score (nSPS) is 9.68. The summed E-state index contributed by atoms with van der Waals surface area (Å²) in [6.45, 7) is 0.446. The number of halogens is 1. The van der Waals surface area contributed by atoms with E-state index in [1.54, 1.807) is 0 Å². The molecule has 0 fully saturated rings. The third kappa shape index (κ3) is 4.81. The van der Waals surface area contributed by atoms with Gasteiger partial charge in [-0.25, -0.2) is 0 Å². The van der Waals surface area contributed by atoms with E-state index in [4.69, 9.17) is 18.0 Å². The van der Waals surface area contributed by atoms with Crippen LogP contribution in [0.4, 0.5) is 5.69 Å². The molecule has 5 nitrogen and oxygen atoms in total. The quantitative estimate of drug-likeness (QED) is 0.379. The van der Waals surface area contributed by atoms with E-state index < -0.39 is 4.92 Å². The molecule has 19 heavy (non-hydrogen) atoms. The largest absolute Gasteiger partial charge is 0.351 e. The predicted molar refractivity (Wildman–Crippen MR) is 76.6 cm³/mol. The van der Waals surface area contributed by atoms with E-state index in [0.29, 0.717) is 18.1 Å². The van der Waals surface area contributed by atoms with Crippen LogP contribution in [0.2, 0.25) is 5.02 Å². The number of nitrogens with one attached hydrogen (secondary N) is 1. The zero-order valence-corrected chi connectivity index (χ0v) is 11.5. The number of carbonyl (C=O) groups excluding carboxylic acids is 1. The van der Waals surface area contributed by atoms with Crippen molar-refractivity contribution in [3.05, 3.63) is 38.9 Å². The van der Waals surface area contributed by atoms with Crippen molar-refractivity contribution in [2.75, 3.05) is 18.1 Å². The Hall–Kier alpha value is -1.71. The van der Waals surface area contributed by atoms with Crippen molar-refractivity contribution < 1.29 is 9.72 Å². The van der Waals surface area contributed by atoms with Crippen molar-refractivity contribution in [3.63, 3.8) is 0 Å². The Kier molecular flexibility index (Phi) is 6.19. The molecule has 0 radical (unpaired) electrons. The lowest BCUT2D eigenvalue weighted by Crippen LogP contribution is -2.25. The monoisotopic (exact) mass is 298 g/mol. The summed E-state index contributed by atoms with van der Waals surface area (Å²) in [7, 11) is 0. The van der Waals surface area contributed by atoms with Gasteiger partial charge in [0.1, 0.15) is 5.02 Å². The van der Waals surface area contributed by atoms with E-state index >= 15 is 0 Å². The van der Waals surface area contributed by atoms with Gasteiger partial charge in [0.2, 0.25) is 0 Å². The van der Waals surface area contributed by atoms with Crippen molar-refractivity contribution in [1.82, 2.24) is 5.32 Å². The Morgan fingerprint density at radius 1 is 1.58 bits per heavy atom. The number of hydrogen-bond acceptors (Lipinski definition) is 4. The molecule has 100 valence electrons. The van der Waals surface area contributed by atoms with Crippen LogP contribution in [-0.4, -0.2) is 28.9 Å². The Labute approximate surface area is 119 Å². The average molecular weight is 299 g/mol. The summed E-state index contributed by atoms with van der Waals surface area (Å²) in [5.74, 6) is 3.37. The standard InChI is InChI=1S/C12H11ClN2O3S/c1-2-6-19-7-5-14-12(16)9-3-4-10(13)11(8-9)15(17)18/h1,3-4,8H,5-7H2,(H,14,16). The molecule has 1 aromatic rings. The van der Waals surface area contributed by atoms with E-state index in [1.165, 1.54) is 23.9 Å². The molecule has 0 saturated heterocycles. The van der Waals surface area contributed by atoms with Gasteiger partial charge in [-0.3, -0.25) is 14.9 Å². The fourth-order valence-electron chi connectivity index (χ4n) is 1.26. The fraction of sp³-hybridized carbons (Fsp3) is 0.250. The fourth-order valence-corrected chi connectivity index (χ4v) is 1.96. The molecule has 0 heterocycles. The van der Waals surface area contributed by atoms with Gasteiger partial charge in [-0.15, -0.1) is 18.2 Å². The van der Waals surface area contributed by atoms with Gasteiger partial charge in [0.15, 0.2) is 0 Å². The Bertz CT molecular complexity index is 528. The lowest BCUT2D eigenvalue weighted by atomic mass is 10.2. The number of rotatable bonds is 6. The van der Waals surface area contributed by atoms with Gasteiger partial charge in [0.05, 0.1) is 10.7 Å². The number of benzene rings is 1. The van der Waals surface area contributed by atoms with Crippen LogP contribution in [0.3, 0.4) is 0 Å². The van der Waals surface area contributed by atoms with Gasteiger partial charge >= 0.3 is 0 Å². The molecule has 0 atom stereocenters. The molecule has 0 bridgehead atoms. The SMILES string of the molecule is C#CCSCCNC(=O)c1ccc(Cl)c([N+](=O)[O-])c1. The number of amides is 1. The van der Waals surface area contributed by atoms with Gasteiger partial charge in [0, 0.05) is 23.9 Å². The Morgan fingerprint density at radius 2 is 2.32 bits per heavy atom. The highest BCUT2D eigenvalue weighted by Crippen LogP contribution is 2.24. The van der Waals surface area contributed by atoms with Crippen LogP contribution >= 0.6 is 23.4 Å². The summed E-state index contributed by atoms with van der Waals surface area (Å²) in [6.07, 6.45) is 5.09. The van der Waals surface area contributed by atoms with Crippen molar-refractivity contribution in [1.29, 1.82) is 0 Å². The highest BCUT2D eigenvalue weighted by atomic mass is 35.5. The molecule has 1 N–H and O–H groups in total. The molecule has 0 aliphatic heterocycles. The van der Waals surface area contributed by atoms with Crippen molar-refractivity contribution in [2.45, 2.75) is 0 Å². The van der Waals surface area contributed by atoms with Crippen molar-refractivity contribution in [3.8, 4) is 12.3 Å². The molecular weight excluding hydrogens is 288 g/mol. The van der Waals surface area contributed by atoms with E-state index in [0.717, 1.165) is 6.07 Å². The predicted octanol–water partition coefficient (Wildman–Crippen LogP) is 2.34. The van der Waals surface area contributed by atoms with E-state index in [2.05, 4.69) is 11.2 Å². The molecule has 0 spiro atoms. The number of thioether (sulfide) groups is 1.